The Morgan fingerprint density at radius 1 is 0.644 bits per heavy atom. The fourth-order valence-corrected chi connectivity index (χ4v) is 9.68. The maximum Gasteiger partial charge on any atom is 0.410 e. The SMILES string of the molecule is CN(C)C(=O)c1cnn2cc(OCC(C)(C)O)cc(-c3ccc(N4CC5CC(C4)N5)nc3)c12.CN(C)C(=O)c1cnn2cc(OCC(C)(C)O)cc(-c3ccc(N4CC5CC(C4)N5C(=O)OC(C)(C)C)nc3)c12. The maximum atomic E-state index is 12.9. The number of hydrogen-bond donors (Lipinski definition) is 3. The molecule has 6 aliphatic heterocycles. The summed E-state index contributed by atoms with van der Waals surface area (Å²) in [5, 5.41) is 32.6. The van der Waals surface area contributed by atoms with Crippen LogP contribution in [0.4, 0.5) is 16.4 Å². The number of ether oxygens (including phenoxy) is 3. The van der Waals surface area contributed by atoms with Crippen LogP contribution in [0.5, 0.6) is 11.5 Å². The Morgan fingerprint density at radius 3 is 1.44 bits per heavy atom. The number of anilines is 2. The first kappa shape index (κ1) is 50.9. The minimum Gasteiger partial charge on any atom is -0.489 e. The summed E-state index contributed by atoms with van der Waals surface area (Å²) in [4.78, 5) is 57.3. The molecule has 0 spiro atoms. The molecule has 0 aromatic carbocycles. The second kappa shape index (κ2) is 19.4. The van der Waals surface area contributed by atoms with E-state index in [9.17, 15) is 24.6 Å². The molecule has 3 amide bonds. The van der Waals surface area contributed by atoms with Gasteiger partial charge in [-0.15, -0.1) is 0 Å². The first-order valence-electron chi connectivity index (χ1n) is 24.7. The van der Waals surface area contributed by atoms with Crippen LogP contribution in [0, 0.1) is 0 Å². The van der Waals surface area contributed by atoms with Gasteiger partial charge in [0.15, 0.2) is 0 Å². The Morgan fingerprint density at radius 2 is 1.07 bits per heavy atom. The Hall–Kier alpha value is -7.03. The molecule has 20 heteroatoms. The lowest BCUT2D eigenvalue weighted by Gasteiger charge is -2.56. The topological polar surface area (TPSA) is 208 Å². The molecule has 0 aliphatic carbocycles. The van der Waals surface area contributed by atoms with Crippen LogP contribution >= 0.6 is 0 Å². The number of rotatable bonds is 12. The summed E-state index contributed by atoms with van der Waals surface area (Å²) in [6.07, 6.45) is 12.1. The van der Waals surface area contributed by atoms with Gasteiger partial charge < -0.3 is 49.3 Å². The number of pyridine rings is 4. The van der Waals surface area contributed by atoms with Crippen molar-refractivity contribution in [1.82, 2.24) is 49.2 Å². The standard InChI is InChI=1S/C29H38N6O5.C24H30N6O3/c1-28(2,3)40-27(37)35-19-10-20(35)15-33(14-19)24-9-8-18(12-30-24)22-11-21(39-17-29(4,5)38)16-34-25(22)23(13-31-34)26(36)32(6)7;1-24(2,32)14-33-18-8-19(22-20(23(31)28(3)4)10-26-30(22)13-18)15-5-6-21(25-9-15)29-11-16-7-17(12-29)27-16/h8-9,11-13,16,19-20,38H,10,14-15,17H2,1-7H3;5-6,8-10,13,16-17,27,32H,7,11-12,14H2,1-4H3. The molecule has 3 N–H and O–H groups in total. The number of piperidine rings is 2. The molecule has 4 bridgehead atoms. The van der Waals surface area contributed by atoms with Gasteiger partial charge >= 0.3 is 6.09 Å². The van der Waals surface area contributed by atoms with Crippen molar-refractivity contribution < 1.29 is 38.8 Å². The van der Waals surface area contributed by atoms with Gasteiger partial charge in [-0.05, 0) is 97.7 Å². The Balaban J connectivity index is 0.000000183. The van der Waals surface area contributed by atoms with Gasteiger partial charge in [0.1, 0.15) is 41.9 Å². The molecule has 20 nitrogen and oxygen atoms in total. The van der Waals surface area contributed by atoms with Crippen LogP contribution in [-0.4, -0.2) is 181 Å². The van der Waals surface area contributed by atoms with E-state index in [2.05, 4.69) is 25.3 Å². The molecular weight excluding hydrogens is 933 g/mol. The minimum atomic E-state index is -1.01. The van der Waals surface area contributed by atoms with Crippen molar-refractivity contribution >= 4 is 40.6 Å². The lowest BCUT2D eigenvalue weighted by Crippen LogP contribution is -2.70. The Kier molecular flexibility index (Phi) is 13.5. The van der Waals surface area contributed by atoms with Crippen molar-refractivity contribution in [1.29, 1.82) is 0 Å². The molecule has 6 fully saturated rings. The van der Waals surface area contributed by atoms with E-state index in [1.54, 1.807) is 95.9 Å². The Labute approximate surface area is 425 Å². The second-order valence-corrected chi connectivity index (χ2v) is 22.3. The molecule has 12 heterocycles. The van der Waals surface area contributed by atoms with Crippen LogP contribution in [-0.2, 0) is 4.74 Å². The van der Waals surface area contributed by atoms with Crippen molar-refractivity contribution in [3.63, 3.8) is 0 Å². The van der Waals surface area contributed by atoms with E-state index in [0.717, 1.165) is 53.4 Å². The van der Waals surface area contributed by atoms with E-state index >= 15 is 0 Å². The third kappa shape index (κ3) is 11.2. The molecule has 12 rings (SSSR count). The van der Waals surface area contributed by atoms with Gasteiger partial charge in [-0.1, -0.05) is 0 Å². The average Bonchev–Trinajstić information content (AvgIpc) is 3.96. The normalized spacial score (nSPS) is 19.4. The van der Waals surface area contributed by atoms with Gasteiger partial charge in [-0.3, -0.25) is 14.5 Å². The van der Waals surface area contributed by atoms with E-state index < -0.39 is 16.8 Å². The number of carbonyl (C=O) groups is 3. The molecule has 73 heavy (non-hydrogen) atoms. The fourth-order valence-electron chi connectivity index (χ4n) is 9.68. The molecule has 6 aromatic rings. The number of aromatic nitrogens is 6. The zero-order valence-electron chi connectivity index (χ0n) is 43.7. The van der Waals surface area contributed by atoms with Crippen molar-refractivity contribution in [3.8, 4) is 33.8 Å². The number of hydrogen-bond acceptors (Lipinski definition) is 15. The third-order valence-corrected chi connectivity index (χ3v) is 13.1. The largest absolute Gasteiger partial charge is 0.489 e. The lowest BCUT2D eigenvalue weighted by molar-refractivity contribution is -0.0380. The predicted octanol–water partition coefficient (Wildman–Crippen LogP) is 5.24. The highest BCUT2D eigenvalue weighted by molar-refractivity contribution is 6.05. The minimum absolute atomic E-state index is 0.0947. The van der Waals surface area contributed by atoms with Gasteiger partial charge in [0, 0.05) is 101 Å². The Bertz CT molecular complexity index is 2980. The van der Waals surface area contributed by atoms with Crippen molar-refractivity contribution in [2.75, 3.05) is 77.4 Å². The highest BCUT2D eigenvalue weighted by atomic mass is 16.6. The van der Waals surface area contributed by atoms with Gasteiger partial charge in [0.05, 0.1) is 70.2 Å². The van der Waals surface area contributed by atoms with Gasteiger partial charge in [0.25, 0.3) is 11.8 Å². The predicted molar refractivity (Wildman–Crippen MR) is 276 cm³/mol. The summed E-state index contributed by atoms with van der Waals surface area (Å²) >= 11 is 0. The number of piperazine rings is 2. The molecule has 388 valence electrons. The van der Waals surface area contributed by atoms with Crippen LogP contribution < -0.4 is 24.6 Å². The van der Waals surface area contributed by atoms with Crippen LogP contribution in [0.25, 0.3) is 33.3 Å². The van der Waals surface area contributed by atoms with Crippen LogP contribution in [0.15, 0.2) is 73.6 Å². The molecule has 4 atom stereocenters. The highest BCUT2D eigenvalue weighted by Gasteiger charge is 2.49. The number of aliphatic hydroxyl groups is 2. The van der Waals surface area contributed by atoms with Gasteiger partial charge in [0.2, 0.25) is 0 Å². The first-order valence-corrected chi connectivity index (χ1v) is 24.7. The van der Waals surface area contributed by atoms with Crippen LogP contribution in [0.3, 0.4) is 0 Å². The number of fused-ring (bicyclic) bond motifs is 6. The fraction of sp³-hybridized carbons (Fsp3) is 0.491. The quantitative estimate of drug-likeness (QED) is 0.143. The smallest absolute Gasteiger partial charge is 0.410 e. The van der Waals surface area contributed by atoms with Crippen molar-refractivity contribution in [3.05, 3.63) is 84.7 Å². The number of nitrogens with one attached hydrogen (secondary N) is 1. The molecular formula is C53H68N12O8. The van der Waals surface area contributed by atoms with Gasteiger partial charge in [-0.2, -0.15) is 10.2 Å². The average molecular weight is 1000 g/mol. The van der Waals surface area contributed by atoms with E-state index in [4.69, 9.17) is 24.2 Å². The van der Waals surface area contributed by atoms with E-state index in [-0.39, 0.29) is 43.2 Å². The molecule has 6 aromatic heterocycles. The first-order chi connectivity index (χ1) is 34.4. The van der Waals surface area contributed by atoms with Crippen LogP contribution in [0.1, 0.15) is 82.0 Å². The zero-order valence-corrected chi connectivity index (χ0v) is 43.7. The third-order valence-electron chi connectivity index (χ3n) is 13.1. The van der Waals surface area contributed by atoms with Crippen molar-refractivity contribution in [2.45, 2.75) is 102 Å². The monoisotopic (exact) mass is 1000 g/mol. The molecule has 6 saturated heterocycles. The summed E-state index contributed by atoms with van der Waals surface area (Å²) in [6.45, 7) is 15.9. The maximum absolute atomic E-state index is 12.9. The summed E-state index contributed by atoms with van der Waals surface area (Å²) in [7, 11) is 6.85. The highest BCUT2D eigenvalue weighted by Crippen LogP contribution is 2.38. The molecule has 6 aliphatic rings. The van der Waals surface area contributed by atoms with Crippen LogP contribution in [0.2, 0.25) is 0 Å². The molecule has 4 unspecified atom stereocenters. The second-order valence-electron chi connectivity index (χ2n) is 22.3. The van der Waals surface area contributed by atoms with E-state index in [1.807, 2.05) is 68.3 Å². The summed E-state index contributed by atoms with van der Waals surface area (Å²) in [6, 6.07) is 13.0. The molecule has 0 saturated carbocycles. The summed E-state index contributed by atoms with van der Waals surface area (Å²) < 4.78 is 20.6. The summed E-state index contributed by atoms with van der Waals surface area (Å²) in [5.74, 6) is 2.57. The van der Waals surface area contributed by atoms with Crippen molar-refractivity contribution in [2.24, 2.45) is 0 Å². The number of carbonyl (C=O) groups excluding carboxylic acids is 3. The number of nitrogens with zero attached hydrogens (tertiary/aromatic N) is 11. The molecule has 0 radical (unpaired) electrons. The summed E-state index contributed by atoms with van der Waals surface area (Å²) in [5.41, 5.74) is 3.03. The lowest BCUT2D eigenvalue weighted by atomic mass is 9.88. The van der Waals surface area contributed by atoms with E-state index in [1.165, 1.54) is 16.2 Å². The number of amides is 3. The van der Waals surface area contributed by atoms with Gasteiger partial charge in [-0.25, -0.2) is 23.8 Å². The zero-order chi connectivity index (χ0) is 52.3. The van der Waals surface area contributed by atoms with E-state index in [0.29, 0.717) is 58.8 Å².